The second-order valence-electron chi connectivity index (χ2n) is 11.3. The van der Waals surface area contributed by atoms with E-state index in [9.17, 15) is 23.6 Å². The number of aromatic nitrogens is 2. The number of fused-ring (bicyclic) bond motifs is 1. The number of hydrogen-bond acceptors (Lipinski definition) is 6. The zero-order valence-corrected chi connectivity index (χ0v) is 26.6. The molecule has 0 unspecified atom stereocenters. The fourth-order valence-corrected chi connectivity index (χ4v) is 6.85. The van der Waals surface area contributed by atoms with E-state index in [-0.39, 0.29) is 47.2 Å². The summed E-state index contributed by atoms with van der Waals surface area (Å²) in [4.78, 5) is 58.4. The zero-order valence-electron chi connectivity index (χ0n) is 25.1. The Morgan fingerprint density at radius 3 is 2.55 bits per heavy atom. The summed E-state index contributed by atoms with van der Waals surface area (Å²) in [6, 6.07) is 9.78. The number of carbonyl (C=O) groups excluding carboxylic acids is 2. The van der Waals surface area contributed by atoms with Gasteiger partial charge in [-0.15, -0.1) is 11.8 Å². The number of benzene rings is 2. The predicted molar refractivity (Wildman–Crippen MR) is 169 cm³/mol. The van der Waals surface area contributed by atoms with E-state index >= 15 is 0 Å². The van der Waals surface area contributed by atoms with Gasteiger partial charge in [-0.25, -0.2) is 9.18 Å². The Morgan fingerprint density at radius 1 is 1.09 bits per heavy atom. The van der Waals surface area contributed by atoms with Crippen molar-refractivity contribution in [2.75, 3.05) is 39.6 Å². The van der Waals surface area contributed by atoms with Crippen LogP contribution in [0.4, 0.5) is 4.39 Å². The van der Waals surface area contributed by atoms with Crippen molar-refractivity contribution < 1.29 is 18.7 Å². The van der Waals surface area contributed by atoms with Gasteiger partial charge in [0.1, 0.15) is 12.4 Å². The molecular weight excluding hydrogens is 607 g/mol. The molecule has 234 valence electrons. The molecule has 2 aliphatic rings. The Bertz CT molecular complexity index is 1680. The van der Waals surface area contributed by atoms with Gasteiger partial charge in [0.2, 0.25) is 11.8 Å². The van der Waals surface area contributed by atoms with Crippen LogP contribution in [-0.2, 0) is 33.7 Å². The smallest absolute Gasteiger partial charge is 0.331 e. The third-order valence-electron chi connectivity index (χ3n) is 8.54. The molecule has 0 bridgehead atoms. The topological polar surface area (TPSA) is 93.8 Å². The molecule has 1 aromatic heterocycles. The molecule has 1 atom stereocenters. The van der Waals surface area contributed by atoms with Crippen LogP contribution in [0.25, 0.3) is 11.1 Å². The number of rotatable bonds is 8. The standard InChI is InChI=1S/C32H36ClFN4O5S/c1-20(19-43-2)38-31(41)26(25-5-4-6-27(34)30(25)33)17-36(32(38)42)18-29(40)35-12-10-23(11-13-35)37-14-9-22-15-24(44-3)8-7-21(22)16-28(37)39/h4-8,15,17,20,23H,9-14,16,18-19H2,1-3H3/t20-/m0/s1. The van der Waals surface area contributed by atoms with Crippen molar-refractivity contribution in [1.82, 2.24) is 18.9 Å². The van der Waals surface area contributed by atoms with Crippen molar-refractivity contribution >= 4 is 35.2 Å². The fourth-order valence-electron chi connectivity index (χ4n) is 6.16. The Morgan fingerprint density at radius 2 is 1.84 bits per heavy atom. The van der Waals surface area contributed by atoms with Crippen molar-refractivity contribution in [1.29, 1.82) is 0 Å². The maximum Gasteiger partial charge on any atom is 0.331 e. The number of carbonyl (C=O) groups is 2. The highest BCUT2D eigenvalue weighted by molar-refractivity contribution is 7.98. The first kappa shape index (κ1) is 32.0. The normalized spacial score (nSPS) is 16.5. The lowest BCUT2D eigenvalue weighted by atomic mass is 10.0. The van der Waals surface area contributed by atoms with Crippen molar-refractivity contribution in [2.24, 2.45) is 0 Å². The summed E-state index contributed by atoms with van der Waals surface area (Å²) in [5.41, 5.74) is 1.11. The van der Waals surface area contributed by atoms with Crippen LogP contribution in [0.1, 0.15) is 36.9 Å². The van der Waals surface area contributed by atoms with Crippen molar-refractivity contribution in [3.8, 4) is 11.1 Å². The summed E-state index contributed by atoms with van der Waals surface area (Å²) in [5, 5.41) is -0.245. The van der Waals surface area contributed by atoms with Crippen LogP contribution in [-0.4, -0.2) is 76.4 Å². The molecule has 1 fully saturated rings. The molecule has 0 spiro atoms. The third-order valence-corrected chi connectivity index (χ3v) is 9.65. The van der Waals surface area contributed by atoms with Crippen molar-refractivity contribution in [3.63, 3.8) is 0 Å². The molecule has 0 aliphatic carbocycles. The Kier molecular flexibility index (Phi) is 9.97. The van der Waals surface area contributed by atoms with Crippen molar-refractivity contribution in [3.05, 3.63) is 85.4 Å². The maximum atomic E-state index is 14.3. The molecule has 3 heterocycles. The molecule has 9 nitrogen and oxygen atoms in total. The largest absolute Gasteiger partial charge is 0.383 e. The highest BCUT2D eigenvalue weighted by Crippen LogP contribution is 2.28. The van der Waals surface area contributed by atoms with E-state index in [0.29, 0.717) is 38.9 Å². The fraction of sp³-hybridized carbons (Fsp3) is 0.438. The first-order valence-corrected chi connectivity index (χ1v) is 16.3. The maximum absolute atomic E-state index is 14.3. The minimum atomic E-state index is -0.701. The Labute approximate surface area is 264 Å². The van der Waals surface area contributed by atoms with Crippen LogP contribution in [0.15, 0.2) is 57.1 Å². The van der Waals surface area contributed by atoms with Gasteiger partial charge in [0.25, 0.3) is 5.56 Å². The summed E-state index contributed by atoms with van der Waals surface area (Å²) in [7, 11) is 1.46. The molecule has 3 aromatic rings. The van der Waals surface area contributed by atoms with Crippen LogP contribution in [0.5, 0.6) is 0 Å². The molecule has 2 aromatic carbocycles. The van der Waals surface area contributed by atoms with E-state index in [0.717, 1.165) is 16.6 Å². The second-order valence-corrected chi connectivity index (χ2v) is 12.6. The summed E-state index contributed by atoms with van der Waals surface area (Å²) in [5.74, 6) is -0.883. The van der Waals surface area contributed by atoms with Gasteiger partial charge in [0, 0.05) is 49.4 Å². The number of nitrogens with zero attached hydrogens (tertiary/aromatic N) is 4. The molecule has 5 rings (SSSR count). The zero-order chi connectivity index (χ0) is 31.5. The summed E-state index contributed by atoms with van der Waals surface area (Å²) in [6.07, 6.45) is 5.76. The monoisotopic (exact) mass is 642 g/mol. The molecule has 12 heteroatoms. The number of halogens is 2. The molecular formula is C32H36ClFN4O5S. The van der Waals surface area contributed by atoms with Gasteiger partial charge in [-0.3, -0.25) is 23.5 Å². The minimum Gasteiger partial charge on any atom is -0.383 e. The van der Waals surface area contributed by atoms with Crippen LogP contribution in [0.2, 0.25) is 5.02 Å². The number of ether oxygens (including phenoxy) is 1. The number of methoxy groups -OCH3 is 1. The van der Waals surface area contributed by atoms with Gasteiger partial charge in [-0.05, 0) is 61.8 Å². The van der Waals surface area contributed by atoms with Crippen LogP contribution in [0, 0.1) is 5.82 Å². The predicted octanol–water partition coefficient (Wildman–Crippen LogP) is 4.02. The van der Waals surface area contributed by atoms with Crippen LogP contribution >= 0.6 is 23.4 Å². The number of thioether (sulfide) groups is 1. The Balaban J connectivity index is 1.32. The Hall–Kier alpha value is -3.41. The lowest BCUT2D eigenvalue weighted by Gasteiger charge is -2.38. The van der Waals surface area contributed by atoms with Gasteiger partial charge in [-0.1, -0.05) is 29.8 Å². The molecule has 0 radical (unpaired) electrons. The van der Waals surface area contributed by atoms with Gasteiger partial charge in [-0.2, -0.15) is 0 Å². The van der Waals surface area contributed by atoms with E-state index in [4.69, 9.17) is 16.3 Å². The third kappa shape index (κ3) is 6.50. The van der Waals surface area contributed by atoms with Gasteiger partial charge < -0.3 is 14.5 Å². The summed E-state index contributed by atoms with van der Waals surface area (Å²) >= 11 is 7.90. The van der Waals surface area contributed by atoms with E-state index in [1.165, 1.54) is 46.5 Å². The van der Waals surface area contributed by atoms with E-state index in [1.54, 1.807) is 23.6 Å². The highest BCUT2D eigenvalue weighted by Gasteiger charge is 2.32. The average Bonchev–Trinajstić information content (AvgIpc) is 3.17. The van der Waals surface area contributed by atoms with Gasteiger partial charge >= 0.3 is 5.69 Å². The van der Waals surface area contributed by atoms with Gasteiger partial charge in [0.15, 0.2) is 0 Å². The second kappa shape index (κ2) is 13.7. The quantitative estimate of drug-likeness (QED) is 0.345. The SMILES string of the molecule is COC[C@H](C)n1c(=O)c(-c2cccc(F)c2Cl)cn(CC(=O)N2CCC(N3CCc4cc(SC)ccc4CC3=O)CC2)c1=O. The first-order valence-electron chi connectivity index (χ1n) is 14.6. The van der Waals surface area contributed by atoms with E-state index in [2.05, 4.69) is 18.2 Å². The van der Waals surface area contributed by atoms with E-state index in [1.807, 2.05) is 11.2 Å². The minimum absolute atomic E-state index is 0.00823. The average molecular weight is 643 g/mol. The number of hydrogen-bond donors (Lipinski definition) is 0. The summed E-state index contributed by atoms with van der Waals surface area (Å²) in [6.45, 7) is 2.95. The molecule has 2 aliphatic heterocycles. The lowest BCUT2D eigenvalue weighted by molar-refractivity contribution is -0.136. The molecule has 1 saturated heterocycles. The molecule has 0 N–H and O–H groups in total. The number of likely N-dealkylation sites (tertiary alicyclic amines) is 1. The number of amides is 2. The van der Waals surface area contributed by atoms with E-state index < -0.39 is 23.1 Å². The highest BCUT2D eigenvalue weighted by atomic mass is 35.5. The molecule has 44 heavy (non-hydrogen) atoms. The van der Waals surface area contributed by atoms with Gasteiger partial charge in [0.05, 0.1) is 29.7 Å². The lowest BCUT2D eigenvalue weighted by Crippen LogP contribution is -2.50. The van der Waals surface area contributed by atoms with Crippen LogP contribution in [0.3, 0.4) is 0 Å². The first-order chi connectivity index (χ1) is 21.1. The van der Waals surface area contributed by atoms with Crippen LogP contribution < -0.4 is 11.2 Å². The van der Waals surface area contributed by atoms with Crippen molar-refractivity contribution in [2.45, 2.75) is 56.1 Å². The summed E-state index contributed by atoms with van der Waals surface area (Å²) < 4.78 is 21.7. The molecule has 0 saturated carbocycles. The number of piperidine rings is 1. The molecule has 2 amide bonds.